The van der Waals surface area contributed by atoms with Gasteiger partial charge >= 0.3 is 8.25 Å². The van der Waals surface area contributed by atoms with Gasteiger partial charge in [-0.1, -0.05) is 0 Å². The highest BCUT2D eigenvalue weighted by Crippen LogP contribution is 2.37. The third-order valence-electron chi connectivity index (χ3n) is 1.65. The van der Waals surface area contributed by atoms with E-state index in [1.54, 1.807) is 27.7 Å². The number of nitrogens with zero attached hydrogens (tertiary/aromatic N) is 2. The van der Waals surface area contributed by atoms with Crippen LogP contribution in [0.15, 0.2) is 0 Å². The Hall–Kier alpha value is -1.00. The molecule has 0 N–H and O–H groups in total. The van der Waals surface area contributed by atoms with Crippen LogP contribution in [0.2, 0.25) is 0 Å². The normalized spacial score (nSPS) is 11.6. The lowest BCUT2D eigenvalue weighted by Gasteiger charge is -2.16. The van der Waals surface area contributed by atoms with Crippen molar-refractivity contribution < 1.29 is 13.6 Å². The fourth-order valence-corrected chi connectivity index (χ4v) is 1.84. The van der Waals surface area contributed by atoms with Gasteiger partial charge in [0.05, 0.1) is 25.0 Å². The molecule has 0 amide bonds. The van der Waals surface area contributed by atoms with Crippen molar-refractivity contribution in [1.82, 2.24) is 0 Å². The van der Waals surface area contributed by atoms with E-state index in [-0.39, 0.29) is 12.8 Å². The lowest BCUT2D eigenvalue weighted by Crippen LogP contribution is -2.24. The molecule has 0 bridgehead atoms. The van der Waals surface area contributed by atoms with Crippen LogP contribution < -0.4 is 0 Å². The fourth-order valence-electron chi connectivity index (χ4n) is 0.868. The van der Waals surface area contributed by atoms with E-state index < -0.39 is 19.5 Å². The molecule has 16 heavy (non-hydrogen) atoms. The first kappa shape index (κ1) is 15.0. The Balaban J connectivity index is 4.31. The van der Waals surface area contributed by atoms with E-state index in [1.807, 2.05) is 12.1 Å². The van der Waals surface area contributed by atoms with Crippen molar-refractivity contribution in [2.75, 3.05) is 0 Å². The van der Waals surface area contributed by atoms with Crippen LogP contribution in [0, 0.1) is 22.7 Å². The zero-order chi connectivity index (χ0) is 12.8. The van der Waals surface area contributed by atoms with Gasteiger partial charge in [-0.15, -0.1) is 9.05 Å². The van der Waals surface area contributed by atoms with Crippen molar-refractivity contribution >= 4 is 8.25 Å². The Morgan fingerprint density at radius 2 is 1.31 bits per heavy atom. The molecule has 0 aliphatic heterocycles. The minimum absolute atomic E-state index is 0.121. The summed E-state index contributed by atoms with van der Waals surface area (Å²) in [7, 11) is -2.33. The summed E-state index contributed by atoms with van der Waals surface area (Å²) in [5.74, 6) is 0. The second-order valence-electron chi connectivity index (χ2n) is 4.60. The number of hydrogen-bond donors (Lipinski definition) is 0. The Labute approximate surface area is 96.9 Å². The van der Waals surface area contributed by atoms with Crippen molar-refractivity contribution in [2.45, 2.75) is 51.7 Å². The van der Waals surface area contributed by atoms with Crippen molar-refractivity contribution in [2.24, 2.45) is 0 Å². The van der Waals surface area contributed by atoms with Crippen molar-refractivity contribution in [3.05, 3.63) is 0 Å². The predicted octanol–water partition coefficient (Wildman–Crippen LogP) is 3.06. The molecular formula is C10H16N2O3P+. The van der Waals surface area contributed by atoms with Crippen LogP contribution in [-0.2, 0) is 13.6 Å². The molecule has 0 aromatic heterocycles. The van der Waals surface area contributed by atoms with Crippen LogP contribution in [0.3, 0.4) is 0 Å². The first-order chi connectivity index (χ1) is 7.22. The van der Waals surface area contributed by atoms with Crippen molar-refractivity contribution in [3.63, 3.8) is 0 Å². The third kappa shape index (κ3) is 6.48. The minimum atomic E-state index is -2.33. The Morgan fingerprint density at radius 3 is 1.56 bits per heavy atom. The second kappa shape index (κ2) is 5.92. The van der Waals surface area contributed by atoms with Gasteiger partial charge in [-0.25, -0.2) is 0 Å². The number of hydrogen-bond acceptors (Lipinski definition) is 5. The summed E-state index contributed by atoms with van der Waals surface area (Å²) in [6.07, 6.45) is 0.242. The molecule has 0 heterocycles. The summed E-state index contributed by atoms with van der Waals surface area (Å²) in [4.78, 5) is 0. The third-order valence-corrected chi connectivity index (χ3v) is 2.94. The zero-order valence-electron chi connectivity index (χ0n) is 9.98. The van der Waals surface area contributed by atoms with Gasteiger partial charge in [-0.2, -0.15) is 10.5 Å². The van der Waals surface area contributed by atoms with E-state index in [0.29, 0.717) is 0 Å². The summed E-state index contributed by atoms with van der Waals surface area (Å²) in [6.45, 7) is 6.63. The van der Waals surface area contributed by atoms with E-state index in [4.69, 9.17) is 19.6 Å². The highest BCUT2D eigenvalue weighted by molar-refractivity contribution is 7.33. The molecule has 88 valence electrons. The summed E-state index contributed by atoms with van der Waals surface area (Å²) < 4.78 is 21.7. The van der Waals surface area contributed by atoms with Gasteiger partial charge in [0.2, 0.25) is 0 Å². The topological polar surface area (TPSA) is 83.1 Å². The molecule has 0 fully saturated rings. The van der Waals surface area contributed by atoms with Crippen LogP contribution in [0.25, 0.3) is 0 Å². The van der Waals surface area contributed by atoms with Crippen LogP contribution in [0.4, 0.5) is 0 Å². The average molecular weight is 243 g/mol. The standard InChI is InChI=1S/C10H16N2O3P/c1-9(2,5-7-11)14-16(13)15-10(3,4)6-8-12/h5-6H2,1-4H3/q+1. The highest BCUT2D eigenvalue weighted by atomic mass is 31.1. The first-order valence-electron chi connectivity index (χ1n) is 4.82. The monoisotopic (exact) mass is 243 g/mol. The molecule has 0 spiro atoms. The molecule has 5 nitrogen and oxygen atoms in total. The smallest absolute Gasteiger partial charge is 0.198 e. The number of rotatable bonds is 6. The lowest BCUT2D eigenvalue weighted by molar-refractivity contribution is 0.0498. The van der Waals surface area contributed by atoms with Gasteiger partial charge in [-0.05, 0) is 27.7 Å². The van der Waals surface area contributed by atoms with Gasteiger partial charge in [0.1, 0.15) is 11.2 Å². The first-order valence-corrected chi connectivity index (χ1v) is 5.91. The van der Waals surface area contributed by atoms with Crippen molar-refractivity contribution in [3.8, 4) is 12.1 Å². The molecular weight excluding hydrogens is 227 g/mol. The van der Waals surface area contributed by atoms with Crippen LogP contribution in [0.1, 0.15) is 40.5 Å². The van der Waals surface area contributed by atoms with Crippen molar-refractivity contribution in [1.29, 1.82) is 10.5 Å². The minimum Gasteiger partial charge on any atom is -0.198 e. The maximum atomic E-state index is 11.5. The van der Waals surface area contributed by atoms with E-state index >= 15 is 0 Å². The number of nitriles is 2. The SMILES string of the molecule is CC(C)(CC#N)O[P+](=O)OC(C)(C)CC#N. The Kier molecular flexibility index (Phi) is 5.55. The van der Waals surface area contributed by atoms with Crippen LogP contribution >= 0.6 is 8.25 Å². The molecule has 0 aromatic rings. The highest BCUT2D eigenvalue weighted by Gasteiger charge is 2.39. The maximum absolute atomic E-state index is 11.5. The molecule has 0 saturated carbocycles. The summed E-state index contributed by atoms with van der Waals surface area (Å²) in [5, 5.41) is 17.0. The quantitative estimate of drug-likeness (QED) is 0.669. The largest absolute Gasteiger partial charge is 0.698 e. The van der Waals surface area contributed by atoms with E-state index in [2.05, 4.69) is 0 Å². The predicted molar refractivity (Wildman–Crippen MR) is 58.4 cm³/mol. The van der Waals surface area contributed by atoms with Crippen LogP contribution in [0.5, 0.6) is 0 Å². The molecule has 0 rings (SSSR count). The fraction of sp³-hybridized carbons (Fsp3) is 0.800. The summed E-state index contributed by atoms with van der Waals surface area (Å²) >= 11 is 0. The van der Waals surface area contributed by atoms with E-state index in [0.717, 1.165) is 0 Å². The van der Waals surface area contributed by atoms with Crippen LogP contribution in [-0.4, -0.2) is 11.2 Å². The molecule has 0 atom stereocenters. The lowest BCUT2D eigenvalue weighted by atomic mass is 10.1. The second-order valence-corrected chi connectivity index (χ2v) is 5.41. The zero-order valence-corrected chi connectivity index (χ0v) is 10.9. The summed E-state index contributed by atoms with van der Waals surface area (Å²) in [5.41, 5.74) is -1.63. The molecule has 0 aliphatic rings. The Morgan fingerprint density at radius 1 is 1.00 bits per heavy atom. The molecule has 0 radical (unpaired) electrons. The average Bonchev–Trinajstić information content (AvgIpc) is 1.99. The Bertz CT molecular complexity index is 307. The van der Waals surface area contributed by atoms with Gasteiger partial charge in [0.15, 0.2) is 0 Å². The molecule has 0 unspecified atom stereocenters. The van der Waals surface area contributed by atoms with Gasteiger partial charge < -0.3 is 0 Å². The molecule has 6 heteroatoms. The van der Waals surface area contributed by atoms with E-state index in [1.165, 1.54) is 0 Å². The van der Waals surface area contributed by atoms with E-state index in [9.17, 15) is 4.57 Å². The molecule has 0 aromatic carbocycles. The van der Waals surface area contributed by atoms with Gasteiger partial charge in [0, 0.05) is 4.57 Å². The summed E-state index contributed by atoms with van der Waals surface area (Å²) in [6, 6.07) is 3.88. The maximum Gasteiger partial charge on any atom is 0.698 e. The van der Waals surface area contributed by atoms with Gasteiger partial charge in [0.25, 0.3) is 0 Å². The molecule has 0 aliphatic carbocycles. The molecule has 0 saturated heterocycles. The van der Waals surface area contributed by atoms with Gasteiger partial charge in [-0.3, -0.25) is 0 Å².